The molecule has 0 aromatic heterocycles. The van der Waals surface area contributed by atoms with Gasteiger partial charge in [0.15, 0.2) is 0 Å². The van der Waals surface area contributed by atoms with E-state index in [-0.39, 0.29) is 0 Å². The van der Waals surface area contributed by atoms with Gasteiger partial charge in [0.25, 0.3) is 0 Å². The first kappa shape index (κ1) is 16.8. The second kappa shape index (κ2) is 7.64. The lowest BCUT2D eigenvalue weighted by Gasteiger charge is -2.42. The summed E-state index contributed by atoms with van der Waals surface area (Å²) in [6, 6.07) is 6.70. The molecular formula is C18H29BrN2. The summed E-state index contributed by atoms with van der Waals surface area (Å²) in [5.41, 5.74) is 3.41. The van der Waals surface area contributed by atoms with Gasteiger partial charge in [0.2, 0.25) is 0 Å². The molecule has 1 saturated heterocycles. The van der Waals surface area contributed by atoms with Crippen LogP contribution in [-0.2, 0) is 6.54 Å². The standard InChI is InChI=1S/C18H29BrN2/c1-4-18(5-2)9-11-21(12-10-18)17-13-16(19)8-7-15(17)14-20-6-3/h7-8,13,20H,4-6,9-12,14H2,1-3H3. The summed E-state index contributed by atoms with van der Waals surface area (Å²) in [6.07, 6.45) is 5.29. The number of piperidine rings is 1. The molecule has 2 rings (SSSR count). The summed E-state index contributed by atoms with van der Waals surface area (Å²) < 4.78 is 1.18. The van der Waals surface area contributed by atoms with Crippen molar-refractivity contribution in [3.8, 4) is 0 Å². The summed E-state index contributed by atoms with van der Waals surface area (Å²) in [4.78, 5) is 2.58. The Morgan fingerprint density at radius 2 is 1.81 bits per heavy atom. The second-order valence-electron chi connectivity index (χ2n) is 6.25. The van der Waals surface area contributed by atoms with E-state index < -0.39 is 0 Å². The topological polar surface area (TPSA) is 15.3 Å². The fraction of sp³-hybridized carbons (Fsp3) is 0.667. The molecular weight excluding hydrogens is 324 g/mol. The fourth-order valence-corrected chi connectivity index (χ4v) is 3.77. The van der Waals surface area contributed by atoms with Crippen molar-refractivity contribution in [2.75, 3.05) is 24.5 Å². The van der Waals surface area contributed by atoms with Crippen LogP contribution in [0, 0.1) is 5.41 Å². The molecule has 118 valence electrons. The van der Waals surface area contributed by atoms with Crippen LogP contribution in [0.3, 0.4) is 0 Å². The quantitative estimate of drug-likeness (QED) is 0.777. The molecule has 0 unspecified atom stereocenters. The van der Waals surface area contributed by atoms with Gasteiger partial charge in [-0.25, -0.2) is 0 Å². The number of benzene rings is 1. The molecule has 1 N–H and O–H groups in total. The van der Waals surface area contributed by atoms with Gasteiger partial charge in [-0.2, -0.15) is 0 Å². The number of anilines is 1. The molecule has 2 nitrogen and oxygen atoms in total. The molecule has 21 heavy (non-hydrogen) atoms. The second-order valence-corrected chi connectivity index (χ2v) is 7.16. The summed E-state index contributed by atoms with van der Waals surface area (Å²) in [5.74, 6) is 0. The summed E-state index contributed by atoms with van der Waals surface area (Å²) in [6.45, 7) is 11.2. The predicted octanol–water partition coefficient (Wildman–Crippen LogP) is 4.97. The zero-order chi connectivity index (χ0) is 15.3. The number of hydrogen-bond donors (Lipinski definition) is 1. The van der Waals surface area contributed by atoms with Crippen LogP contribution < -0.4 is 10.2 Å². The predicted molar refractivity (Wildman–Crippen MR) is 96.0 cm³/mol. The third-order valence-corrected chi connectivity index (χ3v) is 5.77. The number of nitrogens with zero attached hydrogens (tertiary/aromatic N) is 1. The van der Waals surface area contributed by atoms with Crippen LogP contribution in [0.4, 0.5) is 5.69 Å². The molecule has 1 aromatic rings. The van der Waals surface area contributed by atoms with Crippen LogP contribution in [0.15, 0.2) is 22.7 Å². The molecule has 0 bridgehead atoms. The van der Waals surface area contributed by atoms with Crippen LogP contribution in [0.5, 0.6) is 0 Å². The highest BCUT2D eigenvalue weighted by Gasteiger charge is 2.31. The van der Waals surface area contributed by atoms with Crippen LogP contribution >= 0.6 is 15.9 Å². The van der Waals surface area contributed by atoms with E-state index in [0.717, 1.165) is 13.1 Å². The van der Waals surface area contributed by atoms with E-state index in [2.05, 4.69) is 65.1 Å². The smallest absolute Gasteiger partial charge is 0.0423 e. The molecule has 1 fully saturated rings. The van der Waals surface area contributed by atoms with Crippen LogP contribution in [0.2, 0.25) is 0 Å². The van der Waals surface area contributed by atoms with Gasteiger partial charge in [-0.3, -0.25) is 0 Å². The molecule has 0 aliphatic carbocycles. The Labute approximate surface area is 138 Å². The lowest BCUT2D eigenvalue weighted by Crippen LogP contribution is -2.40. The average Bonchev–Trinajstić information content (AvgIpc) is 2.54. The van der Waals surface area contributed by atoms with Gasteiger partial charge in [0.05, 0.1) is 0 Å². The van der Waals surface area contributed by atoms with E-state index in [4.69, 9.17) is 0 Å². The highest BCUT2D eigenvalue weighted by atomic mass is 79.9. The highest BCUT2D eigenvalue weighted by Crippen LogP contribution is 2.40. The molecule has 0 amide bonds. The maximum atomic E-state index is 3.63. The Morgan fingerprint density at radius 3 is 2.38 bits per heavy atom. The maximum Gasteiger partial charge on any atom is 0.0423 e. The van der Waals surface area contributed by atoms with Crippen molar-refractivity contribution >= 4 is 21.6 Å². The minimum Gasteiger partial charge on any atom is -0.371 e. The highest BCUT2D eigenvalue weighted by molar-refractivity contribution is 9.10. The third kappa shape index (κ3) is 4.01. The van der Waals surface area contributed by atoms with Gasteiger partial charge in [-0.15, -0.1) is 0 Å². The molecule has 0 radical (unpaired) electrons. The maximum absolute atomic E-state index is 3.63. The van der Waals surface area contributed by atoms with Crippen molar-refractivity contribution in [3.05, 3.63) is 28.2 Å². The minimum atomic E-state index is 0.588. The van der Waals surface area contributed by atoms with E-state index in [9.17, 15) is 0 Å². The van der Waals surface area contributed by atoms with E-state index in [1.165, 1.54) is 54.5 Å². The molecule has 0 saturated carbocycles. The Bertz CT molecular complexity index is 445. The van der Waals surface area contributed by atoms with Crippen molar-refractivity contribution in [2.45, 2.75) is 53.0 Å². The first-order chi connectivity index (χ1) is 10.1. The van der Waals surface area contributed by atoms with Gasteiger partial charge >= 0.3 is 0 Å². The normalized spacial score (nSPS) is 18.0. The number of halogens is 1. The lowest BCUT2D eigenvalue weighted by molar-refractivity contribution is 0.199. The Balaban J connectivity index is 2.13. The summed E-state index contributed by atoms with van der Waals surface area (Å²) >= 11 is 3.63. The monoisotopic (exact) mass is 352 g/mol. The van der Waals surface area contributed by atoms with Gasteiger partial charge in [-0.1, -0.05) is 55.6 Å². The number of hydrogen-bond acceptors (Lipinski definition) is 2. The molecule has 0 atom stereocenters. The van der Waals surface area contributed by atoms with Crippen LogP contribution in [0.25, 0.3) is 0 Å². The van der Waals surface area contributed by atoms with Gasteiger partial charge in [0, 0.05) is 29.8 Å². The van der Waals surface area contributed by atoms with E-state index in [1.807, 2.05) is 0 Å². The molecule has 1 aliphatic rings. The largest absolute Gasteiger partial charge is 0.371 e. The Kier molecular flexibility index (Phi) is 6.12. The van der Waals surface area contributed by atoms with Crippen molar-refractivity contribution in [3.63, 3.8) is 0 Å². The van der Waals surface area contributed by atoms with E-state index in [0.29, 0.717) is 5.41 Å². The van der Waals surface area contributed by atoms with Crippen molar-refractivity contribution in [1.82, 2.24) is 5.32 Å². The SMILES string of the molecule is CCNCc1ccc(Br)cc1N1CCC(CC)(CC)CC1. The summed E-state index contributed by atoms with van der Waals surface area (Å²) in [5, 5.41) is 3.46. The Hall–Kier alpha value is -0.540. The van der Waals surface area contributed by atoms with Crippen molar-refractivity contribution in [1.29, 1.82) is 0 Å². The fourth-order valence-electron chi connectivity index (χ4n) is 3.42. The zero-order valence-electron chi connectivity index (χ0n) is 13.7. The zero-order valence-corrected chi connectivity index (χ0v) is 15.3. The van der Waals surface area contributed by atoms with Gasteiger partial charge < -0.3 is 10.2 Å². The van der Waals surface area contributed by atoms with Crippen molar-refractivity contribution in [2.24, 2.45) is 5.41 Å². The van der Waals surface area contributed by atoms with Gasteiger partial charge in [-0.05, 0) is 42.5 Å². The Morgan fingerprint density at radius 1 is 1.14 bits per heavy atom. The van der Waals surface area contributed by atoms with Crippen molar-refractivity contribution < 1.29 is 0 Å². The first-order valence-electron chi connectivity index (χ1n) is 8.38. The average molecular weight is 353 g/mol. The molecule has 1 heterocycles. The van der Waals surface area contributed by atoms with Crippen LogP contribution in [-0.4, -0.2) is 19.6 Å². The first-order valence-corrected chi connectivity index (χ1v) is 9.17. The third-order valence-electron chi connectivity index (χ3n) is 5.28. The van der Waals surface area contributed by atoms with Gasteiger partial charge in [0.1, 0.15) is 0 Å². The molecule has 1 aromatic carbocycles. The summed E-state index contributed by atoms with van der Waals surface area (Å²) in [7, 11) is 0. The van der Waals surface area contributed by atoms with E-state index >= 15 is 0 Å². The van der Waals surface area contributed by atoms with Crippen LogP contribution in [0.1, 0.15) is 52.0 Å². The number of rotatable bonds is 6. The van der Waals surface area contributed by atoms with E-state index in [1.54, 1.807) is 0 Å². The minimum absolute atomic E-state index is 0.588. The molecule has 0 spiro atoms. The lowest BCUT2D eigenvalue weighted by atomic mass is 9.74. The number of nitrogens with one attached hydrogen (secondary N) is 1. The molecule has 1 aliphatic heterocycles. The molecule has 3 heteroatoms.